The molecule has 0 aliphatic rings. The highest BCUT2D eigenvalue weighted by atomic mass is 16.5. The summed E-state index contributed by atoms with van der Waals surface area (Å²) in [7, 11) is 0. The van der Waals surface area contributed by atoms with Crippen LogP contribution in [0.15, 0.2) is 0 Å². The van der Waals surface area contributed by atoms with Crippen molar-refractivity contribution in [1.82, 2.24) is 0 Å². The van der Waals surface area contributed by atoms with Crippen LogP contribution in [0.4, 0.5) is 0 Å². The molecule has 256 valence electrons. The molecule has 0 aliphatic carbocycles. The number of carbonyl (C=O) groups excluding carboxylic acids is 1. The molecule has 0 aromatic heterocycles. The minimum atomic E-state index is -0.764. The Morgan fingerprint density at radius 1 is 0.488 bits per heavy atom. The summed E-state index contributed by atoms with van der Waals surface area (Å²) < 4.78 is 5.47. The van der Waals surface area contributed by atoms with Crippen molar-refractivity contribution in [3.63, 3.8) is 0 Å². The summed E-state index contributed by atoms with van der Waals surface area (Å²) in [5.74, 6) is -0.890. The first-order chi connectivity index (χ1) is 21.0. The maximum absolute atomic E-state index is 12.3. The van der Waals surface area contributed by atoms with Gasteiger partial charge in [-0.05, 0) is 31.6 Å². The van der Waals surface area contributed by atoms with Gasteiger partial charge in [0.1, 0.15) is 6.61 Å². The Balaban J connectivity index is 3.93. The molecule has 2 N–H and O–H groups in total. The van der Waals surface area contributed by atoms with E-state index in [1.165, 1.54) is 141 Å². The van der Waals surface area contributed by atoms with Gasteiger partial charge >= 0.3 is 11.9 Å². The highest BCUT2D eigenvalue weighted by Gasteiger charge is 2.20. The summed E-state index contributed by atoms with van der Waals surface area (Å²) in [5.41, 5.74) is 0. The molecule has 43 heavy (non-hydrogen) atoms. The Labute approximate surface area is 267 Å². The van der Waals surface area contributed by atoms with Crippen molar-refractivity contribution in [3.8, 4) is 0 Å². The van der Waals surface area contributed by atoms with Gasteiger partial charge in [-0.25, -0.2) is 0 Å². The number of rotatable bonds is 35. The number of esters is 1. The van der Waals surface area contributed by atoms with Crippen LogP contribution in [-0.2, 0) is 14.3 Å². The molecule has 0 saturated carbocycles. The number of aliphatic hydroxyl groups excluding tert-OH is 1. The van der Waals surface area contributed by atoms with Crippen LogP contribution < -0.4 is 0 Å². The van der Waals surface area contributed by atoms with Gasteiger partial charge in [0.2, 0.25) is 0 Å². The SMILES string of the molecule is CCCCCCCCCCCCCCCCCC(=O)OCC(O)C(CCCCCCCCCCCC)CCCCC(=O)O. The van der Waals surface area contributed by atoms with E-state index >= 15 is 0 Å². The van der Waals surface area contributed by atoms with E-state index < -0.39 is 12.1 Å². The van der Waals surface area contributed by atoms with Crippen LogP contribution in [-0.4, -0.2) is 34.9 Å². The van der Waals surface area contributed by atoms with Crippen molar-refractivity contribution in [3.05, 3.63) is 0 Å². The molecule has 2 unspecified atom stereocenters. The van der Waals surface area contributed by atoms with Crippen molar-refractivity contribution >= 4 is 11.9 Å². The smallest absolute Gasteiger partial charge is 0.305 e. The zero-order chi connectivity index (χ0) is 31.6. The normalized spacial score (nSPS) is 12.8. The first-order valence-electron chi connectivity index (χ1n) is 19.1. The third-order valence-electron chi connectivity index (χ3n) is 9.09. The second-order valence-corrected chi connectivity index (χ2v) is 13.3. The highest BCUT2D eigenvalue weighted by Crippen LogP contribution is 2.23. The minimum Gasteiger partial charge on any atom is -0.481 e. The number of hydrogen-bond acceptors (Lipinski definition) is 4. The van der Waals surface area contributed by atoms with E-state index in [4.69, 9.17) is 9.84 Å². The van der Waals surface area contributed by atoms with E-state index in [2.05, 4.69) is 13.8 Å². The fraction of sp³-hybridized carbons (Fsp3) is 0.947. The van der Waals surface area contributed by atoms with Crippen LogP contribution in [0.1, 0.15) is 213 Å². The van der Waals surface area contributed by atoms with Crippen molar-refractivity contribution in [2.24, 2.45) is 5.92 Å². The molecule has 5 nitrogen and oxygen atoms in total. The zero-order valence-electron chi connectivity index (χ0n) is 28.9. The molecule has 0 heterocycles. The first-order valence-corrected chi connectivity index (χ1v) is 19.1. The van der Waals surface area contributed by atoms with Crippen LogP contribution in [0, 0.1) is 5.92 Å². The van der Waals surface area contributed by atoms with Gasteiger partial charge in [-0.1, -0.05) is 174 Å². The molecule has 0 aromatic rings. The second kappa shape index (κ2) is 33.8. The molecule has 0 bridgehead atoms. The maximum Gasteiger partial charge on any atom is 0.305 e. The number of aliphatic carboxylic acids is 1. The molecule has 5 heteroatoms. The number of carbonyl (C=O) groups is 2. The maximum atomic E-state index is 12.3. The van der Waals surface area contributed by atoms with Crippen LogP contribution in [0.5, 0.6) is 0 Å². The molecule has 0 aliphatic heterocycles. The number of carboxylic acids is 1. The van der Waals surface area contributed by atoms with Gasteiger partial charge in [0.15, 0.2) is 0 Å². The summed E-state index contributed by atoms with van der Waals surface area (Å²) in [6.07, 6.45) is 35.4. The zero-order valence-corrected chi connectivity index (χ0v) is 28.9. The number of unbranched alkanes of at least 4 members (excludes halogenated alkanes) is 24. The summed E-state index contributed by atoms with van der Waals surface area (Å²) in [4.78, 5) is 23.2. The van der Waals surface area contributed by atoms with E-state index in [-0.39, 0.29) is 24.9 Å². The van der Waals surface area contributed by atoms with Gasteiger partial charge < -0.3 is 14.9 Å². The fourth-order valence-corrected chi connectivity index (χ4v) is 6.13. The lowest BCUT2D eigenvalue weighted by atomic mass is 9.90. The number of hydrogen-bond donors (Lipinski definition) is 2. The highest BCUT2D eigenvalue weighted by molar-refractivity contribution is 5.69. The second-order valence-electron chi connectivity index (χ2n) is 13.3. The number of aliphatic hydroxyl groups is 1. The number of ether oxygens (including phenoxy) is 1. The topological polar surface area (TPSA) is 83.8 Å². The Bertz CT molecular complexity index is 593. The Hall–Kier alpha value is -1.10. The Kier molecular flexibility index (Phi) is 32.9. The third kappa shape index (κ3) is 32.1. The van der Waals surface area contributed by atoms with Gasteiger partial charge in [0, 0.05) is 12.8 Å². The van der Waals surface area contributed by atoms with Gasteiger partial charge in [0.05, 0.1) is 6.10 Å². The molecule has 0 radical (unpaired) electrons. The molecule has 0 saturated heterocycles. The fourth-order valence-electron chi connectivity index (χ4n) is 6.13. The molecule has 0 rings (SSSR count). The molecule has 0 amide bonds. The third-order valence-corrected chi connectivity index (χ3v) is 9.09. The summed E-state index contributed by atoms with van der Waals surface area (Å²) in [5, 5.41) is 19.8. The van der Waals surface area contributed by atoms with Gasteiger partial charge in [0.25, 0.3) is 0 Å². The molecule has 2 atom stereocenters. The quantitative estimate of drug-likeness (QED) is 0.0551. The predicted molar refractivity (Wildman–Crippen MR) is 183 cm³/mol. The summed E-state index contributed by atoms with van der Waals surface area (Å²) >= 11 is 0. The standard InChI is InChI=1S/C38H74O5/c1-3-5-7-9-11-13-15-16-17-18-19-21-23-25-27-33-38(42)43-34-36(39)35(31-28-29-32-37(40)41)30-26-24-22-20-14-12-10-8-6-4-2/h35-36,39H,3-34H2,1-2H3,(H,40,41). The van der Waals surface area contributed by atoms with E-state index in [0.29, 0.717) is 12.8 Å². The van der Waals surface area contributed by atoms with Crippen molar-refractivity contribution in [1.29, 1.82) is 0 Å². The van der Waals surface area contributed by atoms with Crippen LogP contribution in [0.3, 0.4) is 0 Å². The Morgan fingerprint density at radius 3 is 1.21 bits per heavy atom. The Morgan fingerprint density at radius 2 is 0.814 bits per heavy atom. The van der Waals surface area contributed by atoms with Crippen molar-refractivity contribution < 1.29 is 24.5 Å². The van der Waals surface area contributed by atoms with Gasteiger partial charge in [-0.3, -0.25) is 9.59 Å². The molecule has 0 spiro atoms. The molecular weight excluding hydrogens is 536 g/mol. The first kappa shape index (κ1) is 41.9. The lowest BCUT2D eigenvalue weighted by molar-refractivity contribution is -0.148. The van der Waals surface area contributed by atoms with Crippen LogP contribution in [0.2, 0.25) is 0 Å². The van der Waals surface area contributed by atoms with E-state index in [1.54, 1.807) is 0 Å². The van der Waals surface area contributed by atoms with Crippen molar-refractivity contribution in [2.75, 3.05) is 6.61 Å². The average molecular weight is 611 g/mol. The summed E-state index contributed by atoms with van der Waals surface area (Å²) in [6.45, 7) is 4.59. The minimum absolute atomic E-state index is 0.0684. The predicted octanol–water partition coefficient (Wildman–Crippen LogP) is 11.7. The molecule has 0 aromatic carbocycles. The van der Waals surface area contributed by atoms with E-state index in [0.717, 1.165) is 38.5 Å². The molecule has 0 fully saturated rings. The van der Waals surface area contributed by atoms with E-state index in [1.807, 2.05) is 0 Å². The monoisotopic (exact) mass is 611 g/mol. The van der Waals surface area contributed by atoms with Gasteiger partial charge in [-0.15, -0.1) is 0 Å². The molecular formula is C38H74O5. The van der Waals surface area contributed by atoms with Crippen LogP contribution in [0.25, 0.3) is 0 Å². The van der Waals surface area contributed by atoms with Gasteiger partial charge in [-0.2, -0.15) is 0 Å². The number of carboxylic acid groups (broad SMARTS) is 1. The lowest BCUT2D eigenvalue weighted by Gasteiger charge is -2.23. The van der Waals surface area contributed by atoms with Crippen LogP contribution >= 0.6 is 0 Å². The van der Waals surface area contributed by atoms with E-state index in [9.17, 15) is 14.7 Å². The van der Waals surface area contributed by atoms with Crippen molar-refractivity contribution in [2.45, 2.75) is 219 Å². The average Bonchev–Trinajstić information content (AvgIpc) is 2.99. The largest absolute Gasteiger partial charge is 0.481 e. The summed E-state index contributed by atoms with van der Waals surface area (Å²) in [6, 6.07) is 0. The lowest BCUT2D eigenvalue weighted by Crippen LogP contribution is -2.27.